The van der Waals surface area contributed by atoms with Crippen LogP contribution in [0.1, 0.15) is 48.1 Å². The van der Waals surface area contributed by atoms with Gasteiger partial charge in [0, 0.05) is 0 Å². The maximum Gasteiger partial charge on any atom is 0.416 e. The first-order valence-electron chi connectivity index (χ1n) is 7.93. The predicted molar refractivity (Wildman–Crippen MR) is 83.6 cm³/mol. The highest BCUT2D eigenvalue weighted by atomic mass is 19.4. The van der Waals surface area contributed by atoms with E-state index in [0.29, 0.717) is 0 Å². The molecule has 1 nitrogen and oxygen atoms in total. The molecule has 0 bridgehead atoms. The highest BCUT2D eigenvalue weighted by Gasteiger charge is 2.30. The minimum Gasteiger partial charge on any atom is -0.485 e. The number of hydrogen-bond acceptors (Lipinski definition) is 1. The largest absolute Gasteiger partial charge is 0.485 e. The van der Waals surface area contributed by atoms with Gasteiger partial charge in [0.05, 0.1) is 5.56 Å². The average molecular weight is 320 g/mol. The number of ether oxygens (including phenoxy) is 1. The maximum atomic E-state index is 12.6. The summed E-state index contributed by atoms with van der Waals surface area (Å²) >= 11 is 0. The van der Waals surface area contributed by atoms with Crippen LogP contribution >= 0.6 is 0 Å². The molecule has 0 spiro atoms. The first-order valence-corrected chi connectivity index (χ1v) is 7.93. The minimum atomic E-state index is -4.30. The van der Waals surface area contributed by atoms with E-state index in [0.717, 1.165) is 49.1 Å². The van der Waals surface area contributed by atoms with E-state index >= 15 is 0 Å². The Balaban J connectivity index is 1.76. The summed E-state index contributed by atoms with van der Waals surface area (Å²) in [5.41, 5.74) is 2.67. The van der Waals surface area contributed by atoms with Gasteiger partial charge in [-0.15, -0.1) is 0 Å². The van der Waals surface area contributed by atoms with Crippen molar-refractivity contribution in [2.75, 3.05) is 0 Å². The van der Waals surface area contributed by atoms with Crippen molar-refractivity contribution in [2.24, 2.45) is 0 Å². The van der Waals surface area contributed by atoms with Gasteiger partial charge in [0.2, 0.25) is 0 Å². The van der Waals surface area contributed by atoms with Crippen molar-refractivity contribution in [1.82, 2.24) is 0 Å². The zero-order valence-corrected chi connectivity index (χ0v) is 13.0. The van der Waals surface area contributed by atoms with E-state index in [1.807, 2.05) is 6.07 Å². The Hall–Kier alpha value is -1.97. The minimum absolute atomic E-state index is 0.179. The highest BCUT2D eigenvalue weighted by Crippen LogP contribution is 2.36. The van der Waals surface area contributed by atoms with Gasteiger partial charge in [0.15, 0.2) is 0 Å². The number of benzene rings is 2. The van der Waals surface area contributed by atoms with Crippen LogP contribution < -0.4 is 4.74 Å². The molecule has 122 valence electrons. The number of halogens is 3. The molecule has 1 atom stereocenters. The topological polar surface area (TPSA) is 9.23 Å². The zero-order chi connectivity index (χ0) is 16.4. The summed E-state index contributed by atoms with van der Waals surface area (Å²) in [6.45, 7) is 2.15. The first kappa shape index (κ1) is 15.9. The number of rotatable bonds is 3. The SMILES string of the molecule is CCCc1ccc2c(c1)CCC(c1ccc(C(F)(F)F)cc1)O2. The summed E-state index contributed by atoms with van der Waals surface area (Å²) in [4.78, 5) is 0. The van der Waals surface area contributed by atoms with Crippen molar-refractivity contribution in [1.29, 1.82) is 0 Å². The van der Waals surface area contributed by atoms with Crippen LogP contribution in [0, 0.1) is 0 Å². The summed E-state index contributed by atoms with van der Waals surface area (Å²) in [7, 11) is 0. The third-order valence-corrected chi connectivity index (χ3v) is 4.22. The van der Waals surface area contributed by atoms with E-state index in [2.05, 4.69) is 19.1 Å². The van der Waals surface area contributed by atoms with Crippen molar-refractivity contribution in [3.8, 4) is 5.75 Å². The third-order valence-electron chi connectivity index (χ3n) is 4.22. The van der Waals surface area contributed by atoms with E-state index in [-0.39, 0.29) is 6.10 Å². The fraction of sp³-hybridized carbons (Fsp3) is 0.368. The monoisotopic (exact) mass is 320 g/mol. The molecule has 4 heteroatoms. The van der Waals surface area contributed by atoms with Gasteiger partial charge in [-0.05, 0) is 54.2 Å². The smallest absolute Gasteiger partial charge is 0.416 e. The van der Waals surface area contributed by atoms with Crippen molar-refractivity contribution < 1.29 is 17.9 Å². The van der Waals surface area contributed by atoms with Crippen LogP contribution in [0.3, 0.4) is 0 Å². The molecule has 1 aliphatic heterocycles. The molecular formula is C19H19F3O. The highest BCUT2D eigenvalue weighted by molar-refractivity contribution is 5.40. The molecule has 1 aliphatic rings. The maximum absolute atomic E-state index is 12.6. The van der Waals surface area contributed by atoms with Crippen molar-refractivity contribution in [3.63, 3.8) is 0 Å². The molecule has 2 aromatic rings. The van der Waals surface area contributed by atoms with Crippen LogP contribution in [0.4, 0.5) is 13.2 Å². The van der Waals surface area contributed by atoms with E-state index in [9.17, 15) is 13.2 Å². The average Bonchev–Trinajstić information content (AvgIpc) is 2.54. The molecule has 0 N–H and O–H groups in total. The summed E-state index contributed by atoms with van der Waals surface area (Å²) < 4.78 is 43.9. The van der Waals surface area contributed by atoms with E-state index in [1.165, 1.54) is 23.3 Å². The molecule has 0 aliphatic carbocycles. The Morgan fingerprint density at radius 2 is 1.83 bits per heavy atom. The van der Waals surface area contributed by atoms with Gasteiger partial charge in [-0.25, -0.2) is 0 Å². The van der Waals surface area contributed by atoms with Crippen LogP contribution in [0.5, 0.6) is 5.75 Å². The summed E-state index contributed by atoms with van der Waals surface area (Å²) in [6.07, 6.45) is -0.647. The fourth-order valence-corrected chi connectivity index (χ4v) is 3.01. The number of alkyl halides is 3. The van der Waals surface area contributed by atoms with Crippen LogP contribution in [0.15, 0.2) is 42.5 Å². The van der Waals surface area contributed by atoms with Gasteiger partial charge >= 0.3 is 6.18 Å². The lowest BCUT2D eigenvalue weighted by Gasteiger charge is -2.27. The van der Waals surface area contributed by atoms with Crippen molar-refractivity contribution >= 4 is 0 Å². The van der Waals surface area contributed by atoms with Gasteiger partial charge in [-0.1, -0.05) is 37.6 Å². The fourth-order valence-electron chi connectivity index (χ4n) is 3.01. The molecule has 0 amide bonds. The standard InChI is InChI=1S/C19H19F3O/c1-2-3-13-4-10-18-15(12-13)7-11-17(23-18)14-5-8-16(9-6-14)19(20,21)22/h4-6,8-10,12,17H,2-3,7,11H2,1H3. The van der Waals surface area contributed by atoms with Gasteiger partial charge in [0.25, 0.3) is 0 Å². The Morgan fingerprint density at radius 3 is 2.48 bits per heavy atom. The number of aryl methyl sites for hydroxylation is 2. The van der Waals surface area contributed by atoms with Gasteiger partial charge in [-0.2, -0.15) is 13.2 Å². The number of hydrogen-bond donors (Lipinski definition) is 0. The molecule has 0 radical (unpaired) electrons. The first-order chi connectivity index (χ1) is 11.0. The lowest BCUT2D eigenvalue weighted by Crippen LogP contribution is -2.15. The van der Waals surface area contributed by atoms with E-state index in [1.54, 1.807) is 0 Å². The molecule has 1 unspecified atom stereocenters. The van der Waals surface area contributed by atoms with Crippen LogP contribution in [0.2, 0.25) is 0 Å². The van der Waals surface area contributed by atoms with Crippen LogP contribution in [-0.2, 0) is 19.0 Å². The molecular weight excluding hydrogens is 301 g/mol. The lowest BCUT2D eigenvalue weighted by molar-refractivity contribution is -0.137. The van der Waals surface area contributed by atoms with E-state index in [4.69, 9.17) is 4.74 Å². The quantitative estimate of drug-likeness (QED) is 0.702. The molecule has 23 heavy (non-hydrogen) atoms. The normalized spacial score (nSPS) is 17.5. The number of fused-ring (bicyclic) bond motifs is 1. The lowest BCUT2D eigenvalue weighted by atomic mass is 9.95. The van der Waals surface area contributed by atoms with Crippen molar-refractivity contribution in [3.05, 3.63) is 64.7 Å². The van der Waals surface area contributed by atoms with Gasteiger partial charge in [0.1, 0.15) is 11.9 Å². The molecule has 2 aromatic carbocycles. The molecule has 0 aromatic heterocycles. The second-order valence-corrected chi connectivity index (χ2v) is 5.96. The molecule has 1 heterocycles. The van der Waals surface area contributed by atoms with Gasteiger partial charge < -0.3 is 4.74 Å². The Morgan fingerprint density at radius 1 is 1.09 bits per heavy atom. The third kappa shape index (κ3) is 3.52. The molecule has 0 saturated heterocycles. The Labute approximate surface area is 134 Å². The summed E-state index contributed by atoms with van der Waals surface area (Å²) in [6, 6.07) is 11.5. The second kappa shape index (κ2) is 6.26. The molecule has 0 fully saturated rings. The zero-order valence-electron chi connectivity index (χ0n) is 13.0. The molecule has 0 saturated carbocycles. The summed E-state index contributed by atoms with van der Waals surface area (Å²) in [5.74, 6) is 0.848. The van der Waals surface area contributed by atoms with Crippen LogP contribution in [-0.4, -0.2) is 0 Å². The Bertz CT molecular complexity index is 674. The molecule has 3 rings (SSSR count). The Kier molecular flexibility index (Phi) is 4.33. The van der Waals surface area contributed by atoms with Gasteiger partial charge in [-0.3, -0.25) is 0 Å². The second-order valence-electron chi connectivity index (χ2n) is 5.96. The predicted octanol–water partition coefficient (Wildman–Crippen LogP) is 5.72. The van der Waals surface area contributed by atoms with E-state index < -0.39 is 11.7 Å². The van der Waals surface area contributed by atoms with Crippen LogP contribution in [0.25, 0.3) is 0 Å². The summed E-state index contributed by atoms with van der Waals surface area (Å²) in [5, 5.41) is 0. The van der Waals surface area contributed by atoms with Crippen molar-refractivity contribution in [2.45, 2.75) is 44.9 Å².